The Hall–Kier alpha value is -2.49. The molecule has 0 aliphatic rings. The first-order valence-corrected chi connectivity index (χ1v) is 6.11. The van der Waals surface area contributed by atoms with Gasteiger partial charge in [-0.1, -0.05) is 6.07 Å². The molecular weight excluding hydrogens is 238 g/mol. The molecule has 0 radical (unpaired) electrons. The maximum absolute atomic E-state index is 5.26. The molecule has 0 aliphatic heterocycles. The molecule has 2 heterocycles. The Morgan fingerprint density at radius 2 is 2.11 bits per heavy atom. The van der Waals surface area contributed by atoms with E-state index in [1.807, 2.05) is 37.5 Å². The zero-order chi connectivity index (χ0) is 13.2. The number of hydrogen-bond acceptors (Lipinski definition) is 3. The number of rotatable bonds is 3. The molecule has 0 saturated carbocycles. The molecule has 1 N–H and O–H groups in total. The van der Waals surface area contributed by atoms with E-state index in [1.54, 1.807) is 13.3 Å². The summed E-state index contributed by atoms with van der Waals surface area (Å²) < 4.78 is 7.33. The predicted molar refractivity (Wildman–Crippen MR) is 76.7 cm³/mol. The monoisotopic (exact) mass is 253 g/mol. The van der Waals surface area contributed by atoms with E-state index < -0.39 is 0 Å². The number of nitrogens with zero attached hydrogens (tertiary/aromatic N) is 2. The quantitative estimate of drug-likeness (QED) is 0.779. The van der Waals surface area contributed by atoms with Crippen LogP contribution in [0, 0.1) is 0 Å². The molecule has 0 spiro atoms. The SMILES string of the molecule is CNc1cc(OC)ccc1-c1cccc2nccn12. The summed E-state index contributed by atoms with van der Waals surface area (Å²) in [5, 5.41) is 3.21. The molecule has 0 fully saturated rings. The van der Waals surface area contributed by atoms with Crippen LogP contribution in [0.25, 0.3) is 16.9 Å². The molecule has 0 saturated heterocycles. The van der Waals surface area contributed by atoms with Gasteiger partial charge in [0.15, 0.2) is 0 Å². The average Bonchev–Trinajstić information content (AvgIpc) is 2.95. The van der Waals surface area contributed by atoms with Crippen molar-refractivity contribution in [3.63, 3.8) is 0 Å². The van der Waals surface area contributed by atoms with Gasteiger partial charge in [0, 0.05) is 36.8 Å². The minimum absolute atomic E-state index is 0.839. The summed E-state index contributed by atoms with van der Waals surface area (Å²) in [5.41, 5.74) is 4.19. The zero-order valence-electron chi connectivity index (χ0n) is 10.9. The van der Waals surface area contributed by atoms with E-state index in [4.69, 9.17) is 4.74 Å². The second-order valence-corrected chi connectivity index (χ2v) is 4.23. The second-order valence-electron chi connectivity index (χ2n) is 4.23. The standard InChI is InChI=1S/C15H15N3O/c1-16-13-10-11(19-2)6-7-12(13)14-4-3-5-15-17-8-9-18(14)15/h3-10,16H,1-2H3. The Labute approximate surface area is 111 Å². The van der Waals surface area contributed by atoms with Crippen LogP contribution in [0.4, 0.5) is 5.69 Å². The van der Waals surface area contributed by atoms with Crippen molar-refractivity contribution in [1.29, 1.82) is 0 Å². The van der Waals surface area contributed by atoms with Crippen LogP contribution >= 0.6 is 0 Å². The first-order valence-electron chi connectivity index (χ1n) is 6.11. The normalized spacial score (nSPS) is 10.6. The number of benzene rings is 1. The molecule has 19 heavy (non-hydrogen) atoms. The minimum Gasteiger partial charge on any atom is -0.497 e. The molecule has 4 heteroatoms. The van der Waals surface area contributed by atoms with Crippen LogP contribution in [0.5, 0.6) is 5.75 Å². The highest BCUT2D eigenvalue weighted by atomic mass is 16.5. The Morgan fingerprint density at radius 3 is 2.89 bits per heavy atom. The van der Waals surface area contributed by atoms with E-state index in [0.29, 0.717) is 0 Å². The van der Waals surface area contributed by atoms with Crippen LogP contribution in [0.3, 0.4) is 0 Å². The Kier molecular flexibility index (Phi) is 2.83. The van der Waals surface area contributed by atoms with Gasteiger partial charge in [0.1, 0.15) is 11.4 Å². The molecule has 3 aromatic rings. The lowest BCUT2D eigenvalue weighted by Gasteiger charge is -2.12. The van der Waals surface area contributed by atoms with Crippen molar-refractivity contribution in [2.75, 3.05) is 19.5 Å². The second kappa shape index (κ2) is 4.65. The Morgan fingerprint density at radius 1 is 1.21 bits per heavy atom. The number of aromatic nitrogens is 2. The third-order valence-electron chi connectivity index (χ3n) is 3.20. The summed E-state index contributed by atoms with van der Waals surface area (Å²) in [5.74, 6) is 0.839. The molecule has 1 aromatic carbocycles. The lowest BCUT2D eigenvalue weighted by Crippen LogP contribution is -1.97. The topological polar surface area (TPSA) is 38.6 Å². The van der Waals surface area contributed by atoms with E-state index in [2.05, 4.69) is 26.8 Å². The molecule has 3 rings (SSSR count). The van der Waals surface area contributed by atoms with Crippen molar-refractivity contribution < 1.29 is 4.74 Å². The lowest BCUT2D eigenvalue weighted by molar-refractivity contribution is 0.415. The van der Waals surface area contributed by atoms with Crippen LogP contribution in [-0.2, 0) is 0 Å². The maximum Gasteiger partial charge on any atom is 0.137 e. The fourth-order valence-corrected chi connectivity index (χ4v) is 2.25. The smallest absolute Gasteiger partial charge is 0.137 e. The average molecular weight is 253 g/mol. The van der Waals surface area contributed by atoms with E-state index in [0.717, 1.165) is 28.3 Å². The van der Waals surface area contributed by atoms with E-state index in [1.165, 1.54) is 0 Å². The highest BCUT2D eigenvalue weighted by Gasteiger charge is 2.09. The third-order valence-corrected chi connectivity index (χ3v) is 3.20. The number of ether oxygens (including phenoxy) is 1. The summed E-state index contributed by atoms with van der Waals surface area (Å²) in [7, 11) is 3.58. The Bertz CT molecular complexity index is 718. The fourth-order valence-electron chi connectivity index (χ4n) is 2.25. The molecular formula is C15H15N3O. The summed E-state index contributed by atoms with van der Waals surface area (Å²) in [6, 6.07) is 12.1. The van der Waals surface area contributed by atoms with Gasteiger partial charge < -0.3 is 10.1 Å². The molecule has 2 aromatic heterocycles. The van der Waals surface area contributed by atoms with Gasteiger partial charge in [-0.15, -0.1) is 0 Å². The van der Waals surface area contributed by atoms with Gasteiger partial charge in [0.05, 0.1) is 12.8 Å². The van der Waals surface area contributed by atoms with Gasteiger partial charge in [-0.05, 0) is 24.3 Å². The van der Waals surface area contributed by atoms with Crippen LogP contribution in [0.2, 0.25) is 0 Å². The van der Waals surface area contributed by atoms with E-state index in [9.17, 15) is 0 Å². The van der Waals surface area contributed by atoms with E-state index in [-0.39, 0.29) is 0 Å². The summed E-state index contributed by atoms with van der Waals surface area (Å²) in [6.45, 7) is 0. The van der Waals surface area contributed by atoms with Crippen LogP contribution in [-0.4, -0.2) is 23.5 Å². The maximum atomic E-state index is 5.26. The minimum atomic E-state index is 0.839. The summed E-state index contributed by atoms with van der Waals surface area (Å²) in [6.07, 6.45) is 3.77. The van der Waals surface area contributed by atoms with Crippen molar-refractivity contribution in [2.24, 2.45) is 0 Å². The van der Waals surface area contributed by atoms with E-state index >= 15 is 0 Å². The Balaban J connectivity index is 2.23. The van der Waals surface area contributed by atoms with Gasteiger partial charge >= 0.3 is 0 Å². The number of fused-ring (bicyclic) bond motifs is 1. The van der Waals surface area contributed by atoms with Crippen molar-refractivity contribution >= 4 is 11.3 Å². The van der Waals surface area contributed by atoms with Crippen molar-refractivity contribution in [2.45, 2.75) is 0 Å². The number of imidazole rings is 1. The van der Waals surface area contributed by atoms with Gasteiger partial charge in [-0.3, -0.25) is 4.40 Å². The molecule has 4 nitrogen and oxygen atoms in total. The number of pyridine rings is 1. The van der Waals surface area contributed by atoms with Gasteiger partial charge in [-0.2, -0.15) is 0 Å². The highest BCUT2D eigenvalue weighted by molar-refractivity contribution is 5.78. The fraction of sp³-hybridized carbons (Fsp3) is 0.133. The third kappa shape index (κ3) is 1.91. The van der Waals surface area contributed by atoms with Gasteiger partial charge in [0.2, 0.25) is 0 Å². The molecule has 0 aliphatic carbocycles. The van der Waals surface area contributed by atoms with Crippen molar-refractivity contribution in [3.05, 3.63) is 48.8 Å². The van der Waals surface area contributed by atoms with Gasteiger partial charge in [-0.25, -0.2) is 4.98 Å². The van der Waals surface area contributed by atoms with Crippen LogP contribution in [0.1, 0.15) is 0 Å². The highest BCUT2D eigenvalue weighted by Crippen LogP contribution is 2.31. The number of anilines is 1. The molecule has 0 unspecified atom stereocenters. The lowest BCUT2D eigenvalue weighted by atomic mass is 10.1. The van der Waals surface area contributed by atoms with Crippen LogP contribution < -0.4 is 10.1 Å². The first-order chi connectivity index (χ1) is 9.33. The summed E-state index contributed by atoms with van der Waals surface area (Å²) >= 11 is 0. The van der Waals surface area contributed by atoms with Crippen molar-refractivity contribution in [1.82, 2.24) is 9.38 Å². The molecule has 0 amide bonds. The number of hydrogen-bond donors (Lipinski definition) is 1. The predicted octanol–water partition coefficient (Wildman–Crippen LogP) is 3.05. The largest absolute Gasteiger partial charge is 0.497 e. The van der Waals surface area contributed by atoms with Crippen molar-refractivity contribution in [3.8, 4) is 17.0 Å². The molecule has 96 valence electrons. The van der Waals surface area contributed by atoms with Crippen LogP contribution in [0.15, 0.2) is 48.8 Å². The molecule has 0 bridgehead atoms. The molecule has 0 atom stereocenters. The first kappa shape index (κ1) is 11.6. The summed E-state index contributed by atoms with van der Waals surface area (Å²) in [4.78, 5) is 4.31. The number of methoxy groups -OCH3 is 1. The number of nitrogens with one attached hydrogen (secondary N) is 1. The zero-order valence-corrected chi connectivity index (χ0v) is 10.9. The van der Waals surface area contributed by atoms with Gasteiger partial charge in [0.25, 0.3) is 0 Å².